The SMILES string of the molecule is COC(C)C1=CN=C(C)C(O)C1=O. The van der Waals surface area contributed by atoms with E-state index in [0.29, 0.717) is 11.3 Å². The molecule has 0 bridgehead atoms. The smallest absolute Gasteiger partial charge is 0.197 e. The first kappa shape index (κ1) is 10.1. The second-order valence-electron chi connectivity index (χ2n) is 3.00. The summed E-state index contributed by atoms with van der Waals surface area (Å²) in [5.41, 5.74) is 0.845. The maximum Gasteiger partial charge on any atom is 0.197 e. The molecule has 0 radical (unpaired) electrons. The van der Waals surface area contributed by atoms with Crippen LogP contribution in [0.2, 0.25) is 0 Å². The van der Waals surface area contributed by atoms with Gasteiger partial charge in [-0.2, -0.15) is 0 Å². The van der Waals surface area contributed by atoms with Crippen LogP contribution >= 0.6 is 0 Å². The maximum atomic E-state index is 11.5. The largest absolute Gasteiger partial charge is 0.379 e. The molecule has 0 aromatic carbocycles. The number of ether oxygens (including phenoxy) is 1. The van der Waals surface area contributed by atoms with E-state index in [9.17, 15) is 9.90 Å². The fourth-order valence-electron chi connectivity index (χ4n) is 1.09. The van der Waals surface area contributed by atoms with Crippen molar-refractivity contribution in [1.82, 2.24) is 0 Å². The molecule has 0 aromatic heterocycles. The molecule has 1 aliphatic rings. The Balaban J connectivity index is 2.93. The molecule has 0 aromatic rings. The van der Waals surface area contributed by atoms with Gasteiger partial charge in [0, 0.05) is 18.9 Å². The molecule has 1 rings (SSSR count). The van der Waals surface area contributed by atoms with Crippen LogP contribution in [0.4, 0.5) is 0 Å². The summed E-state index contributed by atoms with van der Waals surface area (Å²) in [5.74, 6) is -0.318. The number of aliphatic hydroxyl groups excluding tert-OH is 1. The zero-order valence-corrected chi connectivity index (χ0v) is 7.94. The van der Waals surface area contributed by atoms with Crippen molar-refractivity contribution in [2.45, 2.75) is 26.1 Å². The Morgan fingerprint density at radius 3 is 2.85 bits per heavy atom. The van der Waals surface area contributed by atoms with Gasteiger partial charge in [0.2, 0.25) is 0 Å². The minimum absolute atomic E-state index is 0.318. The standard InChI is InChI=1S/C9H13NO3/c1-5-8(11)9(12)7(4-10-5)6(2)13-3/h4,6,8,11H,1-3H3. The van der Waals surface area contributed by atoms with Gasteiger partial charge in [0.1, 0.15) is 0 Å². The molecular formula is C9H13NO3. The molecule has 0 saturated heterocycles. The molecule has 0 spiro atoms. The van der Waals surface area contributed by atoms with E-state index >= 15 is 0 Å². The molecule has 1 heterocycles. The minimum Gasteiger partial charge on any atom is -0.379 e. The highest BCUT2D eigenvalue weighted by molar-refractivity contribution is 6.16. The summed E-state index contributed by atoms with van der Waals surface area (Å²) < 4.78 is 4.97. The zero-order chi connectivity index (χ0) is 10.0. The first-order valence-corrected chi connectivity index (χ1v) is 4.07. The Morgan fingerprint density at radius 1 is 1.69 bits per heavy atom. The van der Waals surface area contributed by atoms with Crippen LogP contribution < -0.4 is 0 Å². The van der Waals surface area contributed by atoms with Gasteiger partial charge in [0.15, 0.2) is 11.9 Å². The molecule has 0 fully saturated rings. The van der Waals surface area contributed by atoms with Crippen molar-refractivity contribution in [1.29, 1.82) is 0 Å². The van der Waals surface area contributed by atoms with Gasteiger partial charge in [0.25, 0.3) is 0 Å². The number of carbonyl (C=O) groups is 1. The van der Waals surface area contributed by atoms with Crippen molar-refractivity contribution in [2.75, 3.05) is 7.11 Å². The fourth-order valence-corrected chi connectivity index (χ4v) is 1.09. The van der Waals surface area contributed by atoms with Gasteiger partial charge in [0.05, 0.1) is 11.8 Å². The van der Waals surface area contributed by atoms with Gasteiger partial charge in [-0.3, -0.25) is 9.79 Å². The minimum atomic E-state index is -1.10. The van der Waals surface area contributed by atoms with E-state index in [1.165, 1.54) is 13.3 Å². The number of nitrogens with zero attached hydrogens (tertiary/aromatic N) is 1. The molecule has 4 heteroatoms. The first-order chi connectivity index (χ1) is 6.07. The summed E-state index contributed by atoms with van der Waals surface area (Å²) in [6.45, 7) is 3.36. The highest BCUT2D eigenvalue weighted by Gasteiger charge is 2.28. The number of hydrogen-bond acceptors (Lipinski definition) is 4. The fraction of sp³-hybridized carbons (Fsp3) is 0.556. The van der Waals surface area contributed by atoms with Crippen LogP contribution in [0.15, 0.2) is 16.8 Å². The maximum absolute atomic E-state index is 11.5. The van der Waals surface area contributed by atoms with Crippen LogP contribution in [0.5, 0.6) is 0 Å². The summed E-state index contributed by atoms with van der Waals surface area (Å²) in [6.07, 6.45) is 0.0371. The Bertz CT molecular complexity index is 281. The van der Waals surface area contributed by atoms with Crippen LogP contribution in [0.3, 0.4) is 0 Å². The van der Waals surface area contributed by atoms with Crippen molar-refractivity contribution in [3.63, 3.8) is 0 Å². The van der Waals surface area contributed by atoms with E-state index in [2.05, 4.69) is 4.99 Å². The van der Waals surface area contributed by atoms with Gasteiger partial charge < -0.3 is 9.84 Å². The highest BCUT2D eigenvalue weighted by atomic mass is 16.5. The predicted octanol–water partition coefficient (Wildman–Crippen LogP) is 0.310. The molecule has 4 nitrogen and oxygen atoms in total. The van der Waals surface area contributed by atoms with E-state index in [1.54, 1.807) is 13.8 Å². The summed E-state index contributed by atoms with van der Waals surface area (Å²) >= 11 is 0. The van der Waals surface area contributed by atoms with Crippen LogP contribution in [-0.4, -0.2) is 35.9 Å². The molecule has 1 N–H and O–H groups in total. The Labute approximate surface area is 76.9 Å². The van der Waals surface area contributed by atoms with Gasteiger partial charge in [-0.15, -0.1) is 0 Å². The molecule has 2 unspecified atom stereocenters. The lowest BCUT2D eigenvalue weighted by Gasteiger charge is -2.19. The van der Waals surface area contributed by atoms with E-state index in [1.807, 2.05) is 0 Å². The number of ketones is 1. The second kappa shape index (κ2) is 3.81. The van der Waals surface area contributed by atoms with Gasteiger partial charge >= 0.3 is 0 Å². The van der Waals surface area contributed by atoms with E-state index in [0.717, 1.165) is 0 Å². The van der Waals surface area contributed by atoms with Crippen molar-refractivity contribution in [3.8, 4) is 0 Å². The van der Waals surface area contributed by atoms with Crippen molar-refractivity contribution in [3.05, 3.63) is 11.8 Å². The summed E-state index contributed by atoms with van der Waals surface area (Å²) in [4.78, 5) is 15.4. The summed E-state index contributed by atoms with van der Waals surface area (Å²) in [7, 11) is 1.51. The van der Waals surface area contributed by atoms with Crippen LogP contribution in [0.25, 0.3) is 0 Å². The van der Waals surface area contributed by atoms with Crippen LogP contribution in [0, 0.1) is 0 Å². The quantitative estimate of drug-likeness (QED) is 0.670. The Morgan fingerprint density at radius 2 is 2.31 bits per heavy atom. The van der Waals surface area contributed by atoms with Crippen LogP contribution in [0.1, 0.15) is 13.8 Å². The number of hydrogen-bond donors (Lipinski definition) is 1. The number of rotatable bonds is 2. The van der Waals surface area contributed by atoms with Crippen molar-refractivity contribution >= 4 is 11.5 Å². The monoisotopic (exact) mass is 183 g/mol. The lowest BCUT2D eigenvalue weighted by molar-refractivity contribution is -0.121. The third kappa shape index (κ3) is 1.84. The molecule has 0 amide bonds. The van der Waals surface area contributed by atoms with Gasteiger partial charge in [-0.25, -0.2) is 0 Å². The average molecular weight is 183 g/mol. The third-order valence-electron chi connectivity index (χ3n) is 2.13. The lowest BCUT2D eigenvalue weighted by atomic mass is 9.98. The zero-order valence-electron chi connectivity index (χ0n) is 7.94. The molecule has 72 valence electrons. The van der Waals surface area contributed by atoms with E-state index in [4.69, 9.17) is 4.74 Å². The number of aliphatic imine (C=N–C) groups is 1. The van der Waals surface area contributed by atoms with Crippen molar-refractivity contribution < 1.29 is 14.6 Å². The average Bonchev–Trinajstić information content (AvgIpc) is 2.13. The third-order valence-corrected chi connectivity index (χ3v) is 2.13. The predicted molar refractivity (Wildman–Crippen MR) is 48.7 cm³/mol. The second-order valence-corrected chi connectivity index (χ2v) is 3.00. The topological polar surface area (TPSA) is 58.9 Å². The normalized spacial score (nSPS) is 25.2. The first-order valence-electron chi connectivity index (χ1n) is 4.07. The van der Waals surface area contributed by atoms with Gasteiger partial charge in [-0.1, -0.05) is 0 Å². The highest BCUT2D eigenvalue weighted by Crippen LogP contribution is 2.14. The number of carbonyl (C=O) groups excluding carboxylic acids is 1. The van der Waals surface area contributed by atoms with Gasteiger partial charge in [-0.05, 0) is 13.8 Å². The summed E-state index contributed by atoms with van der Waals surface area (Å²) in [6, 6.07) is 0. The van der Waals surface area contributed by atoms with Crippen LogP contribution in [-0.2, 0) is 9.53 Å². The molecular weight excluding hydrogens is 170 g/mol. The Hall–Kier alpha value is -1.00. The molecule has 0 saturated carbocycles. The van der Waals surface area contributed by atoms with E-state index in [-0.39, 0.29) is 11.9 Å². The molecule has 13 heavy (non-hydrogen) atoms. The van der Waals surface area contributed by atoms with E-state index < -0.39 is 6.10 Å². The lowest BCUT2D eigenvalue weighted by Crippen LogP contribution is -2.35. The summed E-state index contributed by atoms with van der Waals surface area (Å²) in [5, 5.41) is 9.38. The number of Topliss-reactive ketones (excluding diaryl/α,β-unsaturated/α-hetero) is 1. The molecule has 1 aliphatic heterocycles. The Kier molecular flexibility index (Phi) is 2.95. The molecule has 0 aliphatic carbocycles. The molecule has 2 atom stereocenters. The number of aliphatic hydroxyl groups is 1. The van der Waals surface area contributed by atoms with Crippen molar-refractivity contribution in [2.24, 2.45) is 4.99 Å². The number of methoxy groups -OCH3 is 1.